The van der Waals surface area contributed by atoms with Crippen molar-refractivity contribution in [1.29, 1.82) is 0 Å². The molecular formula is C25H17Cl2FN4O2. The number of carbonyl (C=O) groups excluding carboxylic acids is 1. The molecule has 0 aliphatic rings. The summed E-state index contributed by atoms with van der Waals surface area (Å²) in [6, 6.07) is 18.6. The zero-order valence-corrected chi connectivity index (χ0v) is 19.1. The highest BCUT2D eigenvalue weighted by Gasteiger charge is 2.19. The highest BCUT2D eigenvalue weighted by Crippen LogP contribution is 2.26. The first-order valence-electron chi connectivity index (χ1n) is 10.4. The number of carbonyl (C=O) groups is 1. The minimum absolute atomic E-state index is 0.0960. The van der Waals surface area contributed by atoms with Gasteiger partial charge in [0.25, 0.3) is 5.56 Å². The number of nitrogens with zero attached hydrogens (tertiary/aromatic N) is 3. The summed E-state index contributed by atoms with van der Waals surface area (Å²) in [5.41, 5.74) is 2.35. The number of aromatic nitrogens is 3. The van der Waals surface area contributed by atoms with Crippen molar-refractivity contribution in [3.8, 4) is 0 Å². The largest absolute Gasteiger partial charge is 0.325 e. The number of benzene rings is 3. The average Bonchev–Trinajstić information content (AvgIpc) is 3.13. The van der Waals surface area contributed by atoms with Gasteiger partial charge in [-0.25, -0.2) is 9.37 Å². The van der Waals surface area contributed by atoms with Crippen molar-refractivity contribution in [1.82, 2.24) is 14.1 Å². The van der Waals surface area contributed by atoms with E-state index in [0.717, 1.165) is 10.9 Å². The minimum atomic E-state index is -0.577. The number of hydrogen-bond donors (Lipinski definition) is 1. The molecule has 3 aromatic carbocycles. The summed E-state index contributed by atoms with van der Waals surface area (Å²) in [4.78, 5) is 30.9. The summed E-state index contributed by atoms with van der Waals surface area (Å²) in [6.45, 7) is 0.0925. The van der Waals surface area contributed by atoms with Crippen LogP contribution in [0.5, 0.6) is 0 Å². The van der Waals surface area contributed by atoms with Gasteiger partial charge in [-0.1, -0.05) is 59.6 Å². The Labute approximate surface area is 203 Å². The second-order valence-electron chi connectivity index (χ2n) is 7.75. The van der Waals surface area contributed by atoms with E-state index in [1.165, 1.54) is 29.1 Å². The number of nitrogens with one attached hydrogen (secondary N) is 1. The molecule has 0 saturated carbocycles. The highest BCUT2D eigenvalue weighted by molar-refractivity contribution is 6.31. The molecule has 2 aromatic heterocycles. The molecule has 0 fully saturated rings. The zero-order chi connectivity index (χ0) is 23.8. The first-order chi connectivity index (χ1) is 16.4. The molecule has 5 rings (SSSR count). The van der Waals surface area contributed by atoms with Crippen molar-refractivity contribution in [3.63, 3.8) is 0 Å². The lowest BCUT2D eigenvalue weighted by Crippen LogP contribution is -2.25. The molecule has 170 valence electrons. The smallest absolute Gasteiger partial charge is 0.278 e. The van der Waals surface area contributed by atoms with Gasteiger partial charge in [-0.15, -0.1) is 0 Å². The molecule has 2 heterocycles. The Hall–Kier alpha value is -3.68. The second-order valence-corrected chi connectivity index (χ2v) is 8.56. The Kier molecular flexibility index (Phi) is 5.81. The number of hydrogen-bond acceptors (Lipinski definition) is 3. The van der Waals surface area contributed by atoms with Gasteiger partial charge in [0.05, 0.1) is 23.4 Å². The SMILES string of the molecule is O=C(Cn1c2ccccc2c2ncn(Cc3ccccc3Cl)c(=O)c21)Nc1ccc(F)c(Cl)c1. The molecule has 0 aliphatic heterocycles. The molecule has 0 aliphatic carbocycles. The van der Waals surface area contributed by atoms with E-state index >= 15 is 0 Å². The van der Waals surface area contributed by atoms with Gasteiger partial charge in [0, 0.05) is 16.1 Å². The normalized spacial score (nSPS) is 11.3. The summed E-state index contributed by atoms with van der Waals surface area (Å²) in [5, 5.41) is 3.92. The van der Waals surface area contributed by atoms with Crippen molar-refractivity contribution in [2.45, 2.75) is 13.1 Å². The van der Waals surface area contributed by atoms with Crippen molar-refractivity contribution in [2.75, 3.05) is 5.32 Å². The lowest BCUT2D eigenvalue weighted by atomic mass is 10.2. The molecule has 0 radical (unpaired) electrons. The Balaban J connectivity index is 1.58. The second kappa shape index (κ2) is 8.93. The number of rotatable bonds is 5. The Morgan fingerprint density at radius 3 is 2.56 bits per heavy atom. The van der Waals surface area contributed by atoms with Crippen LogP contribution in [0.3, 0.4) is 0 Å². The Morgan fingerprint density at radius 1 is 1.00 bits per heavy atom. The van der Waals surface area contributed by atoms with Gasteiger partial charge in [0.2, 0.25) is 5.91 Å². The van der Waals surface area contributed by atoms with Crippen molar-refractivity contribution in [2.24, 2.45) is 0 Å². The van der Waals surface area contributed by atoms with Crippen LogP contribution in [0.1, 0.15) is 5.56 Å². The number of halogens is 3. The van der Waals surface area contributed by atoms with E-state index in [1.807, 2.05) is 42.5 Å². The Morgan fingerprint density at radius 2 is 1.76 bits per heavy atom. The summed E-state index contributed by atoms with van der Waals surface area (Å²) in [5.74, 6) is -0.974. The maximum Gasteiger partial charge on any atom is 0.278 e. The predicted octanol–water partition coefficient (Wildman–Crippen LogP) is 5.48. The van der Waals surface area contributed by atoms with Crippen LogP contribution in [0.15, 0.2) is 77.9 Å². The predicted molar refractivity (Wildman–Crippen MR) is 132 cm³/mol. The van der Waals surface area contributed by atoms with Crippen molar-refractivity contribution >= 4 is 56.7 Å². The van der Waals surface area contributed by atoms with Crippen LogP contribution in [0.2, 0.25) is 10.0 Å². The van der Waals surface area contributed by atoms with Gasteiger partial charge in [-0.3, -0.25) is 14.2 Å². The molecule has 1 amide bonds. The molecular weight excluding hydrogens is 478 g/mol. The standard InChI is InChI=1S/C25H17Cl2FN4O2/c26-18-7-3-1-5-15(18)12-31-14-29-23-17-6-2-4-8-21(17)32(24(23)25(31)34)13-22(33)30-16-9-10-20(28)19(27)11-16/h1-11,14H,12-13H2,(H,30,33). The molecule has 6 nitrogen and oxygen atoms in total. The average molecular weight is 495 g/mol. The molecule has 34 heavy (non-hydrogen) atoms. The summed E-state index contributed by atoms with van der Waals surface area (Å²) < 4.78 is 16.6. The fourth-order valence-electron chi connectivity index (χ4n) is 3.95. The van der Waals surface area contributed by atoms with E-state index < -0.39 is 11.7 Å². The molecule has 5 aromatic rings. The summed E-state index contributed by atoms with van der Waals surface area (Å²) in [7, 11) is 0. The summed E-state index contributed by atoms with van der Waals surface area (Å²) >= 11 is 12.1. The minimum Gasteiger partial charge on any atom is -0.325 e. The van der Waals surface area contributed by atoms with Crippen LogP contribution in [0, 0.1) is 5.82 Å². The number of para-hydroxylation sites is 1. The summed E-state index contributed by atoms with van der Waals surface area (Å²) in [6.07, 6.45) is 1.49. The van der Waals surface area contributed by atoms with Crippen LogP contribution >= 0.6 is 23.2 Å². The first kappa shape index (κ1) is 22.1. The topological polar surface area (TPSA) is 68.9 Å². The fraction of sp³-hybridized carbons (Fsp3) is 0.0800. The highest BCUT2D eigenvalue weighted by atomic mass is 35.5. The van der Waals surface area contributed by atoms with Gasteiger partial charge < -0.3 is 9.88 Å². The van der Waals surface area contributed by atoms with Gasteiger partial charge >= 0.3 is 0 Å². The first-order valence-corrected chi connectivity index (χ1v) is 11.1. The van der Waals surface area contributed by atoms with E-state index in [-0.39, 0.29) is 23.7 Å². The molecule has 9 heteroatoms. The maximum absolute atomic E-state index is 13.5. The third-order valence-corrected chi connectivity index (χ3v) is 6.20. The van der Waals surface area contributed by atoms with Crippen molar-refractivity contribution < 1.29 is 9.18 Å². The van der Waals surface area contributed by atoms with Gasteiger partial charge in [0.15, 0.2) is 0 Å². The molecule has 0 atom stereocenters. The fourth-order valence-corrected chi connectivity index (χ4v) is 4.33. The lowest BCUT2D eigenvalue weighted by Gasteiger charge is -2.11. The van der Waals surface area contributed by atoms with E-state index in [9.17, 15) is 14.0 Å². The van der Waals surface area contributed by atoms with Crippen LogP contribution in [0.4, 0.5) is 10.1 Å². The molecule has 0 spiro atoms. The van der Waals surface area contributed by atoms with Gasteiger partial charge in [-0.2, -0.15) is 0 Å². The molecule has 0 bridgehead atoms. The van der Waals surface area contributed by atoms with Crippen LogP contribution in [-0.2, 0) is 17.9 Å². The number of amides is 1. The monoisotopic (exact) mass is 494 g/mol. The van der Waals surface area contributed by atoms with E-state index in [1.54, 1.807) is 10.6 Å². The van der Waals surface area contributed by atoms with Crippen LogP contribution in [0.25, 0.3) is 21.9 Å². The van der Waals surface area contributed by atoms with Gasteiger partial charge in [-0.05, 0) is 35.9 Å². The number of fused-ring (bicyclic) bond motifs is 3. The molecule has 1 N–H and O–H groups in total. The van der Waals surface area contributed by atoms with E-state index in [0.29, 0.717) is 27.3 Å². The Bertz CT molecular complexity index is 1630. The third kappa shape index (κ3) is 4.04. The van der Waals surface area contributed by atoms with Crippen LogP contribution in [-0.4, -0.2) is 20.0 Å². The van der Waals surface area contributed by atoms with Crippen molar-refractivity contribution in [3.05, 3.63) is 105 Å². The van der Waals surface area contributed by atoms with E-state index in [4.69, 9.17) is 23.2 Å². The van der Waals surface area contributed by atoms with E-state index in [2.05, 4.69) is 10.3 Å². The molecule has 0 unspecified atom stereocenters. The number of anilines is 1. The zero-order valence-electron chi connectivity index (χ0n) is 17.6. The quantitative estimate of drug-likeness (QED) is 0.351. The van der Waals surface area contributed by atoms with Gasteiger partial charge in [0.1, 0.15) is 23.4 Å². The molecule has 0 saturated heterocycles. The third-order valence-electron chi connectivity index (χ3n) is 5.54. The lowest BCUT2D eigenvalue weighted by molar-refractivity contribution is -0.116. The maximum atomic E-state index is 13.5. The van der Waals surface area contributed by atoms with Crippen LogP contribution < -0.4 is 10.9 Å².